The van der Waals surface area contributed by atoms with Gasteiger partial charge in [-0.15, -0.1) is 0 Å². The fourth-order valence-corrected chi connectivity index (χ4v) is 3.81. The highest BCUT2D eigenvalue weighted by Gasteiger charge is 2.27. The molecule has 0 N–H and O–H groups in total. The Balaban J connectivity index is 1.45. The van der Waals surface area contributed by atoms with Gasteiger partial charge < -0.3 is 9.64 Å². The number of fused-ring (bicyclic) bond motifs is 1. The predicted molar refractivity (Wildman–Crippen MR) is 113 cm³/mol. The number of carbonyl (C=O) groups is 1. The van der Waals surface area contributed by atoms with E-state index in [0.29, 0.717) is 31.3 Å². The van der Waals surface area contributed by atoms with Gasteiger partial charge in [0.25, 0.3) is 5.91 Å². The molecular weight excluding hydrogens is 386 g/mol. The fourth-order valence-electron chi connectivity index (χ4n) is 3.68. The summed E-state index contributed by atoms with van der Waals surface area (Å²) in [6, 6.07) is 15.4. The Bertz CT molecular complexity index is 1010. The molecule has 2 heterocycles. The number of benzene rings is 2. The molecule has 0 atom stereocenters. The van der Waals surface area contributed by atoms with E-state index in [2.05, 4.69) is 5.10 Å². The van der Waals surface area contributed by atoms with Gasteiger partial charge >= 0.3 is 0 Å². The summed E-state index contributed by atoms with van der Waals surface area (Å²) in [5.41, 5.74) is 6.13. The molecule has 6 heteroatoms. The highest BCUT2D eigenvalue weighted by Crippen LogP contribution is 2.24. The quantitative estimate of drug-likeness (QED) is 0.631. The number of carbonyl (C=O) groups excluding carboxylic acids is 1. The van der Waals surface area contributed by atoms with Gasteiger partial charge in [0.15, 0.2) is 0 Å². The fraction of sp³-hybridized carbons (Fsp3) is 0.304. The Morgan fingerprint density at radius 3 is 2.55 bits per heavy atom. The normalized spacial score (nSPS) is 13.4. The van der Waals surface area contributed by atoms with E-state index in [9.17, 15) is 4.79 Å². The molecule has 150 valence electrons. The van der Waals surface area contributed by atoms with E-state index >= 15 is 0 Å². The molecule has 0 saturated heterocycles. The molecule has 0 bridgehead atoms. The van der Waals surface area contributed by atoms with Gasteiger partial charge in [0.1, 0.15) is 0 Å². The van der Waals surface area contributed by atoms with Gasteiger partial charge in [-0.2, -0.15) is 5.10 Å². The Kier molecular flexibility index (Phi) is 5.69. The van der Waals surface area contributed by atoms with Crippen LogP contribution in [0.25, 0.3) is 0 Å². The molecule has 2 aromatic carbocycles. The van der Waals surface area contributed by atoms with E-state index in [1.165, 1.54) is 5.69 Å². The lowest BCUT2D eigenvalue weighted by Crippen LogP contribution is -2.36. The summed E-state index contributed by atoms with van der Waals surface area (Å²) in [5.74, 6) is 0.0625. The Morgan fingerprint density at radius 2 is 1.83 bits per heavy atom. The molecule has 0 spiro atoms. The first-order valence-electron chi connectivity index (χ1n) is 9.73. The van der Waals surface area contributed by atoms with E-state index in [1.54, 1.807) is 0 Å². The smallest absolute Gasteiger partial charge is 0.254 e. The highest BCUT2D eigenvalue weighted by molar-refractivity contribution is 6.30. The van der Waals surface area contributed by atoms with Gasteiger partial charge in [0.2, 0.25) is 0 Å². The maximum absolute atomic E-state index is 12.9. The van der Waals surface area contributed by atoms with Crippen molar-refractivity contribution in [2.75, 3.05) is 6.54 Å². The summed E-state index contributed by atoms with van der Waals surface area (Å²) >= 11 is 5.93. The van der Waals surface area contributed by atoms with E-state index in [0.717, 1.165) is 34.4 Å². The number of rotatable bonds is 5. The van der Waals surface area contributed by atoms with Crippen LogP contribution in [0.15, 0.2) is 48.5 Å². The largest absolute Gasteiger partial charge is 0.370 e. The second-order valence-corrected chi connectivity index (χ2v) is 7.89. The zero-order valence-corrected chi connectivity index (χ0v) is 17.4. The van der Waals surface area contributed by atoms with Crippen LogP contribution in [0.4, 0.5) is 0 Å². The molecule has 5 nitrogen and oxygen atoms in total. The third kappa shape index (κ3) is 4.36. The maximum atomic E-state index is 12.9. The molecule has 1 aliphatic rings. The van der Waals surface area contributed by atoms with Crippen molar-refractivity contribution in [2.45, 2.75) is 33.1 Å². The monoisotopic (exact) mass is 409 g/mol. The van der Waals surface area contributed by atoms with Crippen molar-refractivity contribution < 1.29 is 9.53 Å². The Morgan fingerprint density at radius 1 is 1.10 bits per heavy atom. The van der Waals surface area contributed by atoms with E-state index < -0.39 is 0 Å². The van der Waals surface area contributed by atoms with Crippen LogP contribution >= 0.6 is 11.6 Å². The zero-order valence-electron chi connectivity index (χ0n) is 16.7. The third-order valence-corrected chi connectivity index (χ3v) is 5.58. The van der Waals surface area contributed by atoms with Gasteiger partial charge in [0.05, 0.1) is 18.9 Å². The van der Waals surface area contributed by atoms with Crippen LogP contribution in [-0.2, 0) is 38.0 Å². The summed E-state index contributed by atoms with van der Waals surface area (Å²) in [4.78, 5) is 14.8. The van der Waals surface area contributed by atoms with Crippen molar-refractivity contribution in [1.29, 1.82) is 0 Å². The number of amides is 1. The zero-order chi connectivity index (χ0) is 20.4. The number of hydrogen-bond donors (Lipinski definition) is 0. The molecule has 0 fully saturated rings. The lowest BCUT2D eigenvalue weighted by atomic mass is 10.0. The van der Waals surface area contributed by atoms with Crippen LogP contribution in [0.3, 0.4) is 0 Å². The van der Waals surface area contributed by atoms with Crippen molar-refractivity contribution in [2.24, 2.45) is 7.05 Å². The number of nitrogens with zero attached hydrogens (tertiary/aromatic N) is 3. The summed E-state index contributed by atoms with van der Waals surface area (Å²) in [5, 5.41) is 5.36. The number of hydrogen-bond acceptors (Lipinski definition) is 3. The minimum absolute atomic E-state index is 0.0625. The topological polar surface area (TPSA) is 47.4 Å². The first-order chi connectivity index (χ1) is 14.0. The maximum Gasteiger partial charge on any atom is 0.254 e. The summed E-state index contributed by atoms with van der Waals surface area (Å²) in [6.07, 6.45) is 0.799. The molecule has 1 amide bonds. The first-order valence-corrected chi connectivity index (χ1v) is 10.1. The lowest BCUT2D eigenvalue weighted by Gasteiger charge is -2.28. The van der Waals surface area contributed by atoms with Crippen LogP contribution in [0.1, 0.15) is 38.4 Å². The van der Waals surface area contributed by atoms with Crippen LogP contribution in [0.5, 0.6) is 0 Å². The second kappa shape index (κ2) is 8.39. The SMILES string of the molecule is Cc1ccc(C(=O)N2CCc3c(c(COCc4ccc(Cl)cc4)nn3C)C2)cc1. The van der Waals surface area contributed by atoms with Crippen molar-refractivity contribution in [3.63, 3.8) is 0 Å². The first kappa shape index (κ1) is 19.7. The Hall–Kier alpha value is -2.63. The van der Waals surface area contributed by atoms with Crippen LogP contribution < -0.4 is 0 Å². The van der Waals surface area contributed by atoms with Crippen LogP contribution in [0.2, 0.25) is 5.02 Å². The average molecular weight is 410 g/mol. The van der Waals surface area contributed by atoms with Crippen molar-refractivity contribution in [1.82, 2.24) is 14.7 Å². The number of ether oxygens (including phenoxy) is 1. The molecule has 1 aromatic heterocycles. The van der Waals surface area contributed by atoms with Crippen molar-refractivity contribution in [3.05, 3.63) is 87.2 Å². The molecule has 0 radical (unpaired) electrons. The second-order valence-electron chi connectivity index (χ2n) is 7.46. The molecule has 1 aliphatic heterocycles. The third-order valence-electron chi connectivity index (χ3n) is 5.33. The minimum atomic E-state index is 0.0625. The lowest BCUT2D eigenvalue weighted by molar-refractivity contribution is 0.0728. The highest BCUT2D eigenvalue weighted by atomic mass is 35.5. The average Bonchev–Trinajstić information content (AvgIpc) is 3.04. The van der Waals surface area contributed by atoms with Crippen molar-refractivity contribution >= 4 is 17.5 Å². The molecule has 4 rings (SSSR count). The van der Waals surface area contributed by atoms with Gasteiger partial charge in [-0.25, -0.2) is 0 Å². The minimum Gasteiger partial charge on any atom is -0.370 e. The van der Waals surface area contributed by atoms with Gasteiger partial charge in [0, 0.05) is 48.4 Å². The summed E-state index contributed by atoms with van der Waals surface area (Å²) in [6.45, 7) is 4.19. The molecule has 0 saturated carbocycles. The van der Waals surface area contributed by atoms with Gasteiger partial charge in [-0.3, -0.25) is 9.48 Å². The van der Waals surface area contributed by atoms with E-state index in [-0.39, 0.29) is 5.91 Å². The standard InChI is InChI=1S/C23H24ClN3O2/c1-16-3-7-18(8-4-16)23(28)27-12-11-22-20(13-27)21(25-26(22)2)15-29-14-17-5-9-19(24)10-6-17/h3-10H,11-15H2,1-2H3. The van der Waals surface area contributed by atoms with Crippen LogP contribution in [0, 0.1) is 6.92 Å². The van der Waals surface area contributed by atoms with Gasteiger partial charge in [-0.1, -0.05) is 41.4 Å². The molecule has 0 unspecified atom stereocenters. The van der Waals surface area contributed by atoms with E-state index in [1.807, 2.05) is 72.1 Å². The molecule has 0 aliphatic carbocycles. The summed E-state index contributed by atoms with van der Waals surface area (Å²) in [7, 11) is 1.96. The number of halogens is 1. The summed E-state index contributed by atoms with van der Waals surface area (Å²) < 4.78 is 7.82. The van der Waals surface area contributed by atoms with E-state index in [4.69, 9.17) is 16.3 Å². The molecule has 3 aromatic rings. The molecular formula is C23H24ClN3O2. The van der Waals surface area contributed by atoms with Gasteiger partial charge in [-0.05, 0) is 36.8 Å². The van der Waals surface area contributed by atoms with Crippen molar-refractivity contribution in [3.8, 4) is 0 Å². The predicted octanol–water partition coefficient (Wildman–Crippen LogP) is 4.30. The number of aromatic nitrogens is 2. The Labute approximate surface area is 175 Å². The molecule has 29 heavy (non-hydrogen) atoms. The number of aryl methyl sites for hydroxylation is 2. The van der Waals surface area contributed by atoms with Crippen LogP contribution in [-0.4, -0.2) is 27.1 Å².